The summed E-state index contributed by atoms with van der Waals surface area (Å²) in [6, 6.07) is 5.48. The van der Waals surface area contributed by atoms with Crippen molar-refractivity contribution >= 4 is 22.6 Å². The van der Waals surface area contributed by atoms with Crippen molar-refractivity contribution in [3.05, 3.63) is 51.7 Å². The van der Waals surface area contributed by atoms with E-state index in [9.17, 15) is 4.79 Å². The second-order valence-electron chi connectivity index (χ2n) is 4.81. The summed E-state index contributed by atoms with van der Waals surface area (Å²) in [4.78, 5) is 16.9. The van der Waals surface area contributed by atoms with Gasteiger partial charge in [-0.2, -0.15) is 5.10 Å². The molecule has 1 aromatic carbocycles. The third kappa shape index (κ3) is 2.35. The molecular formula is C15H15ClN4O2. The van der Waals surface area contributed by atoms with Crippen molar-refractivity contribution in [2.45, 2.75) is 20.0 Å². The van der Waals surface area contributed by atoms with Gasteiger partial charge in [-0.1, -0.05) is 23.7 Å². The fraction of sp³-hybridized carbons (Fsp3) is 0.267. The Labute approximate surface area is 131 Å². The zero-order valence-electron chi connectivity index (χ0n) is 12.3. The van der Waals surface area contributed by atoms with Gasteiger partial charge in [0.1, 0.15) is 17.5 Å². The second-order valence-corrected chi connectivity index (χ2v) is 5.19. The van der Waals surface area contributed by atoms with Crippen LogP contribution >= 0.6 is 11.6 Å². The van der Waals surface area contributed by atoms with E-state index in [4.69, 9.17) is 16.3 Å². The summed E-state index contributed by atoms with van der Waals surface area (Å²) in [7, 11) is 1.56. The van der Waals surface area contributed by atoms with E-state index in [1.807, 2.05) is 19.1 Å². The van der Waals surface area contributed by atoms with Crippen LogP contribution < -0.4 is 10.3 Å². The van der Waals surface area contributed by atoms with Crippen molar-refractivity contribution in [2.75, 3.05) is 7.11 Å². The maximum atomic E-state index is 12.5. The highest BCUT2D eigenvalue weighted by Gasteiger charge is 2.12. The fourth-order valence-electron chi connectivity index (χ4n) is 2.36. The molecule has 0 N–H and O–H groups in total. The smallest absolute Gasteiger partial charge is 0.264 e. The standard InChI is InChI=1S/C15H15ClN4O2/c1-3-20-14-11(7-18-20)15(21)19(9-17-14)8-10-5-4-6-12(22-2)13(10)16/h4-7,9H,3,8H2,1-2H3. The maximum absolute atomic E-state index is 12.5. The number of halogens is 1. The first-order valence-corrected chi connectivity index (χ1v) is 7.25. The molecule has 114 valence electrons. The molecule has 22 heavy (non-hydrogen) atoms. The van der Waals surface area contributed by atoms with Gasteiger partial charge >= 0.3 is 0 Å². The number of benzene rings is 1. The van der Waals surface area contributed by atoms with Gasteiger partial charge in [0.25, 0.3) is 5.56 Å². The first kappa shape index (κ1) is 14.6. The average molecular weight is 319 g/mol. The Morgan fingerprint density at radius 1 is 1.36 bits per heavy atom. The molecule has 2 aromatic heterocycles. The minimum atomic E-state index is -0.136. The molecule has 0 aliphatic heterocycles. The zero-order chi connectivity index (χ0) is 15.7. The van der Waals surface area contributed by atoms with Gasteiger partial charge in [-0.25, -0.2) is 9.67 Å². The van der Waals surface area contributed by atoms with Gasteiger partial charge in [0.05, 0.1) is 24.9 Å². The monoisotopic (exact) mass is 318 g/mol. The Balaban J connectivity index is 2.05. The number of ether oxygens (including phenoxy) is 1. The van der Waals surface area contributed by atoms with E-state index in [1.165, 1.54) is 10.9 Å². The molecule has 0 bridgehead atoms. The normalized spacial score (nSPS) is 11.0. The Bertz CT molecular complexity index is 885. The SMILES string of the molecule is CCn1ncc2c(=O)n(Cc3cccc(OC)c3Cl)cnc21. The van der Waals surface area contributed by atoms with Crippen LogP contribution in [-0.2, 0) is 13.1 Å². The van der Waals surface area contributed by atoms with E-state index >= 15 is 0 Å². The summed E-state index contributed by atoms with van der Waals surface area (Å²) in [6.07, 6.45) is 3.08. The summed E-state index contributed by atoms with van der Waals surface area (Å²) < 4.78 is 8.41. The van der Waals surface area contributed by atoms with E-state index < -0.39 is 0 Å². The molecule has 0 saturated heterocycles. The molecule has 0 aliphatic rings. The highest BCUT2D eigenvalue weighted by Crippen LogP contribution is 2.28. The molecule has 0 spiro atoms. The first-order chi connectivity index (χ1) is 10.7. The number of methoxy groups -OCH3 is 1. The highest BCUT2D eigenvalue weighted by atomic mass is 35.5. The summed E-state index contributed by atoms with van der Waals surface area (Å²) >= 11 is 6.28. The molecule has 0 unspecified atom stereocenters. The van der Waals surface area contributed by atoms with Crippen molar-refractivity contribution < 1.29 is 4.74 Å². The summed E-state index contributed by atoms with van der Waals surface area (Å²) in [5.74, 6) is 0.583. The lowest BCUT2D eigenvalue weighted by Crippen LogP contribution is -2.21. The Morgan fingerprint density at radius 2 is 2.18 bits per heavy atom. The van der Waals surface area contributed by atoms with Gasteiger partial charge in [0.2, 0.25) is 0 Å². The molecule has 0 aliphatic carbocycles. The van der Waals surface area contributed by atoms with E-state index in [0.717, 1.165) is 5.56 Å². The fourth-order valence-corrected chi connectivity index (χ4v) is 2.62. The molecule has 0 saturated carbocycles. The van der Waals surface area contributed by atoms with Gasteiger partial charge in [-0.05, 0) is 18.6 Å². The van der Waals surface area contributed by atoms with Crippen molar-refractivity contribution in [1.82, 2.24) is 19.3 Å². The van der Waals surface area contributed by atoms with Crippen LogP contribution in [0.15, 0.2) is 35.5 Å². The number of aromatic nitrogens is 4. The van der Waals surface area contributed by atoms with Gasteiger partial charge in [0.15, 0.2) is 5.65 Å². The summed E-state index contributed by atoms with van der Waals surface area (Å²) in [5.41, 5.74) is 1.26. The lowest BCUT2D eigenvalue weighted by molar-refractivity contribution is 0.414. The number of hydrogen-bond donors (Lipinski definition) is 0. The van der Waals surface area contributed by atoms with E-state index in [-0.39, 0.29) is 5.56 Å². The predicted octanol–water partition coefficient (Wildman–Crippen LogP) is 2.32. The number of nitrogens with zero attached hydrogens (tertiary/aromatic N) is 4. The third-order valence-electron chi connectivity index (χ3n) is 3.53. The van der Waals surface area contributed by atoms with Crippen molar-refractivity contribution in [3.8, 4) is 5.75 Å². The van der Waals surface area contributed by atoms with Gasteiger partial charge < -0.3 is 4.74 Å². The van der Waals surface area contributed by atoms with Crippen LogP contribution in [0.5, 0.6) is 5.75 Å². The van der Waals surface area contributed by atoms with Crippen molar-refractivity contribution in [2.24, 2.45) is 0 Å². The van der Waals surface area contributed by atoms with Crippen molar-refractivity contribution in [1.29, 1.82) is 0 Å². The molecule has 0 radical (unpaired) electrons. The average Bonchev–Trinajstić information content (AvgIpc) is 2.95. The lowest BCUT2D eigenvalue weighted by Gasteiger charge is -2.10. The molecule has 2 heterocycles. The Kier molecular flexibility index (Phi) is 3.85. The summed E-state index contributed by atoms with van der Waals surface area (Å²) in [5, 5.41) is 5.17. The Morgan fingerprint density at radius 3 is 2.91 bits per heavy atom. The minimum absolute atomic E-state index is 0.136. The molecule has 0 atom stereocenters. The van der Waals surface area contributed by atoms with Crippen LogP contribution in [0.4, 0.5) is 0 Å². The molecule has 3 rings (SSSR count). The largest absolute Gasteiger partial charge is 0.495 e. The Hall–Kier alpha value is -2.34. The topological polar surface area (TPSA) is 61.9 Å². The maximum Gasteiger partial charge on any atom is 0.264 e. The van der Waals surface area contributed by atoms with Gasteiger partial charge in [-0.3, -0.25) is 9.36 Å². The highest BCUT2D eigenvalue weighted by molar-refractivity contribution is 6.32. The zero-order valence-corrected chi connectivity index (χ0v) is 13.0. The predicted molar refractivity (Wildman–Crippen MR) is 84.6 cm³/mol. The van der Waals surface area contributed by atoms with Crippen LogP contribution in [0.1, 0.15) is 12.5 Å². The van der Waals surface area contributed by atoms with Gasteiger partial charge in [0, 0.05) is 6.54 Å². The quantitative estimate of drug-likeness (QED) is 0.740. The van der Waals surface area contributed by atoms with E-state index in [1.54, 1.807) is 24.1 Å². The lowest BCUT2D eigenvalue weighted by atomic mass is 10.2. The number of aryl methyl sites for hydroxylation is 1. The van der Waals surface area contributed by atoms with Gasteiger partial charge in [-0.15, -0.1) is 0 Å². The number of rotatable bonds is 4. The molecule has 3 aromatic rings. The van der Waals surface area contributed by atoms with Crippen LogP contribution in [0.3, 0.4) is 0 Å². The van der Waals surface area contributed by atoms with E-state index in [2.05, 4.69) is 10.1 Å². The van der Waals surface area contributed by atoms with Crippen molar-refractivity contribution in [3.63, 3.8) is 0 Å². The molecule has 6 nitrogen and oxygen atoms in total. The third-order valence-corrected chi connectivity index (χ3v) is 3.95. The number of hydrogen-bond acceptors (Lipinski definition) is 4. The van der Waals surface area contributed by atoms with Crippen LogP contribution in [0.2, 0.25) is 5.02 Å². The van der Waals surface area contributed by atoms with Crippen LogP contribution in [0, 0.1) is 0 Å². The van der Waals surface area contributed by atoms with E-state index in [0.29, 0.717) is 34.9 Å². The number of fused-ring (bicyclic) bond motifs is 1. The molecule has 0 amide bonds. The second kappa shape index (κ2) is 5.81. The van der Waals surface area contributed by atoms with Crippen LogP contribution in [0.25, 0.3) is 11.0 Å². The molecule has 7 heteroatoms. The molecular weight excluding hydrogens is 304 g/mol. The first-order valence-electron chi connectivity index (χ1n) is 6.88. The summed E-state index contributed by atoms with van der Waals surface area (Å²) in [6.45, 7) is 2.95. The minimum Gasteiger partial charge on any atom is -0.495 e. The molecule has 0 fully saturated rings. The van der Waals surface area contributed by atoms with Crippen LogP contribution in [-0.4, -0.2) is 26.4 Å².